The van der Waals surface area contributed by atoms with Crippen molar-refractivity contribution in [2.24, 2.45) is 29.1 Å². The number of hydroxylamine groups is 2. The van der Waals surface area contributed by atoms with E-state index in [1.807, 2.05) is 27.7 Å². The first-order chi connectivity index (χ1) is 25.6. The van der Waals surface area contributed by atoms with Gasteiger partial charge in [0.25, 0.3) is 11.8 Å². The molecule has 7 atom stereocenters. The summed E-state index contributed by atoms with van der Waals surface area (Å²) in [6, 6.07) is 0. The number of allylic oxidation sites excluding steroid dienone is 4. The molecule has 2 N–H and O–H groups in total. The quantitative estimate of drug-likeness (QED) is 0.0943. The molecule has 1 saturated heterocycles. The van der Waals surface area contributed by atoms with Gasteiger partial charge in [-0.25, -0.2) is 4.79 Å². The van der Waals surface area contributed by atoms with Crippen LogP contribution in [-0.2, 0) is 33.5 Å². The van der Waals surface area contributed by atoms with Crippen LogP contribution in [0.5, 0.6) is 0 Å². The molecule has 4 fully saturated rings. The summed E-state index contributed by atoms with van der Waals surface area (Å²) >= 11 is 0. The Labute approximate surface area is 324 Å². The number of amides is 3. The number of rotatable bonds is 20. The van der Waals surface area contributed by atoms with Gasteiger partial charge in [-0.3, -0.25) is 14.4 Å². The van der Waals surface area contributed by atoms with E-state index in [0.29, 0.717) is 54.9 Å². The summed E-state index contributed by atoms with van der Waals surface area (Å²) in [6.07, 6.45) is 18.9. The van der Waals surface area contributed by atoms with E-state index in [4.69, 9.17) is 14.3 Å². The molecule has 10 nitrogen and oxygen atoms in total. The molecule has 2 unspecified atom stereocenters. The fourth-order valence-electron chi connectivity index (χ4n) is 9.29. The zero-order valence-electron chi connectivity index (χ0n) is 34.2. The van der Waals surface area contributed by atoms with E-state index in [1.165, 1.54) is 49.7 Å². The van der Waals surface area contributed by atoms with Gasteiger partial charge in [0.2, 0.25) is 5.91 Å². The van der Waals surface area contributed by atoms with Crippen LogP contribution in [0.4, 0.5) is 0 Å². The summed E-state index contributed by atoms with van der Waals surface area (Å²) in [5.41, 5.74) is 3.96. The van der Waals surface area contributed by atoms with E-state index < -0.39 is 23.4 Å². The molecule has 4 rings (SSSR count). The van der Waals surface area contributed by atoms with E-state index in [0.717, 1.165) is 44.4 Å². The lowest BCUT2D eigenvalue weighted by Crippen LogP contribution is -2.36. The molecule has 3 amide bonds. The molecule has 0 bridgehead atoms. The van der Waals surface area contributed by atoms with Gasteiger partial charge >= 0.3 is 5.97 Å². The number of carbonyl (C=O) groups is 4. The Hall–Kier alpha value is -2.82. The number of fused-ring (bicyclic) bond motifs is 1. The second-order valence-corrected chi connectivity index (χ2v) is 17.6. The standard InChI is InChI=1S/C44H70N2O8/c1-30-13-17-36(29-35(30)16-15-34-12-9-25-44(7)37(18-19-38(34)44)31(2)11-8-24-43(5,6)51)53-27-10-26-45-42(50)32(3)23-28-52-33(4)14-22-41(49)54-46-39(47)20-21-40(46)48/h15-16,31-33,36-38,51H,1,8-14,17-29H2,2-7H3,(H,45,50)/b34-15+,35-16-/t31-,32?,33?,36+,37-,38+,44-/m1/s1. The lowest BCUT2D eigenvalue weighted by molar-refractivity contribution is -0.197. The van der Waals surface area contributed by atoms with Crippen molar-refractivity contribution in [3.8, 4) is 0 Å². The maximum absolute atomic E-state index is 12.7. The Balaban J connectivity index is 1.11. The highest BCUT2D eigenvalue weighted by Crippen LogP contribution is 2.60. The largest absolute Gasteiger partial charge is 0.390 e. The van der Waals surface area contributed by atoms with Crippen LogP contribution >= 0.6 is 0 Å². The molecule has 1 heterocycles. The molecule has 1 aliphatic heterocycles. The first-order valence-electron chi connectivity index (χ1n) is 20.9. The van der Waals surface area contributed by atoms with Crippen molar-refractivity contribution in [3.63, 3.8) is 0 Å². The molecule has 0 spiro atoms. The lowest BCUT2D eigenvalue weighted by atomic mass is 9.60. The molecule has 0 aromatic carbocycles. The van der Waals surface area contributed by atoms with E-state index in [-0.39, 0.29) is 43.3 Å². The molecule has 0 aromatic rings. The van der Waals surface area contributed by atoms with Gasteiger partial charge in [-0.05, 0) is 127 Å². The van der Waals surface area contributed by atoms with Gasteiger partial charge in [-0.15, -0.1) is 5.06 Å². The number of imide groups is 1. The van der Waals surface area contributed by atoms with Crippen LogP contribution in [0.1, 0.15) is 151 Å². The highest BCUT2D eigenvalue weighted by atomic mass is 16.7. The molecule has 4 aliphatic rings. The lowest BCUT2D eigenvalue weighted by Gasteiger charge is -2.44. The highest BCUT2D eigenvalue weighted by molar-refractivity contribution is 6.01. The fourth-order valence-corrected chi connectivity index (χ4v) is 9.29. The van der Waals surface area contributed by atoms with E-state index in [2.05, 4.69) is 37.9 Å². The van der Waals surface area contributed by atoms with Crippen molar-refractivity contribution in [2.45, 2.75) is 169 Å². The third kappa shape index (κ3) is 12.9. The van der Waals surface area contributed by atoms with Crippen LogP contribution in [0.25, 0.3) is 0 Å². The van der Waals surface area contributed by atoms with Crippen molar-refractivity contribution in [3.05, 3.63) is 35.5 Å². The van der Waals surface area contributed by atoms with Crippen LogP contribution in [0.2, 0.25) is 0 Å². The summed E-state index contributed by atoms with van der Waals surface area (Å²) in [5.74, 6) is 0.229. The summed E-state index contributed by atoms with van der Waals surface area (Å²) in [7, 11) is 0. The molecule has 304 valence electrons. The van der Waals surface area contributed by atoms with E-state index in [1.54, 1.807) is 5.57 Å². The Morgan fingerprint density at radius 3 is 2.46 bits per heavy atom. The van der Waals surface area contributed by atoms with Crippen LogP contribution in [0.3, 0.4) is 0 Å². The molecule has 0 radical (unpaired) electrons. The van der Waals surface area contributed by atoms with Gasteiger partial charge in [-0.1, -0.05) is 63.5 Å². The number of nitrogens with one attached hydrogen (secondary N) is 1. The number of carbonyl (C=O) groups excluding carboxylic acids is 4. The molecular weight excluding hydrogens is 684 g/mol. The van der Waals surface area contributed by atoms with Gasteiger partial charge in [0.15, 0.2) is 0 Å². The molecule has 0 aromatic heterocycles. The van der Waals surface area contributed by atoms with Crippen LogP contribution in [-0.4, -0.2) is 71.4 Å². The first-order valence-corrected chi connectivity index (χ1v) is 20.9. The fraction of sp³-hybridized carbons (Fsp3) is 0.773. The smallest absolute Gasteiger partial charge is 0.333 e. The van der Waals surface area contributed by atoms with Crippen molar-refractivity contribution >= 4 is 23.7 Å². The maximum Gasteiger partial charge on any atom is 0.333 e. The van der Waals surface area contributed by atoms with E-state index in [9.17, 15) is 24.3 Å². The van der Waals surface area contributed by atoms with Gasteiger partial charge in [0.1, 0.15) is 0 Å². The Morgan fingerprint density at radius 2 is 1.74 bits per heavy atom. The number of aliphatic hydroxyl groups is 1. The monoisotopic (exact) mass is 755 g/mol. The second-order valence-electron chi connectivity index (χ2n) is 17.6. The van der Waals surface area contributed by atoms with Gasteiger partial charge < -0.3 is 24.7 Å². The average Bonchev–Trinajstić information content (AvgIpc) is 3.64. The van der Waals surface area contributed by atoms with Gasteiger partial charge in [-0.2, -0.15) is 0 Å². The normalized spacial score (nSPS) is 28.0. The maximum atomic E-state index is 12.7. The van der Waals surface area contributed by atoms with Crippen molar-refractivity contribution in [1.29, 1.82) is 0 Å². The van der Waals surface area contributed by atoms with Gasteiger partial charge in [0, 0.05) is 38.5 Å². The summed E-state index contributed by atoms with van der Waals surface area (Å²) in [4.78, 5) is 52.8. The van der Waals surface area contributed by atoms with Crippen LogP contribution in [0.15, 0.2) is 35.5 Å². The SMILES string of the molecule is C=C1CC[C@H](OCCCNC(=O)C(C)CCOC(C)CCC(=O)ON2C(=O)CCC2=O)C/C1=C/C=C1\CCC[C@]2(C)[C@@H]([C@H](C)CCCC(C)(C)O)CC[C@@H]12. The van der Waals surface area contributed by atoms with E-state index >= 15 is 0 Å². The summed E-state index contributed by atoms with van der Waals surface area (Å²) in [5, 5.41) is 13.8. The Kier molecular flexibility index (Phi) is 16.6. The molecule has 3 saturated carbocycles. The minimum Gasteiger partial charge on any atom is -0.390 e. The minimum absolute atomic E-state index is 0.0189. The zero-order chi connectivity index (χ0) is 39.5. The molecule has 10 heteroatoms. The molecular formula is C44H70N2O8. The topological polar surface area (TPSA) is 131 Å². The number of ether oxygens (including phenoxy) is 2. The van der Waals surface area contributed by atoms with Crippen molar-refractivity contribution < 1.29 is 38.6 Å². The van der Waals surface area contributed by atoms with Gasteiger partial charge in [0.05, 0.1) is 24.2 Å². The van der Waals surface area contributed by atoms with Crippen LogP contribution < -0.4 is 5.32 Å². The number of hydrogen-bond acceptors (Lipinski definition) is 8. The number of nitrogens with zero attached hydrogens (tertiary/aromatic N) is 1. The first kappa shape index (κ1) is 43.9. The molecule has 3 aliphatic carbocycles. The minimum atomic E-state index is -0.643. The Morgan fingerprint density at radius 1 is 1.00 bits per heavy atom. The van der Waals surface area contributed by atoms with Crippen molar-refractivity contribution in [2.75, 3.05) is 19.8 Å². The predicted octanol–water partition coefficient (Wildman–Crippen LogP) is 8.08. The summed E-state index contributed by atoms with van der Waals surface area (Å²) < 4.78 is 12.1. The highest BCUT2D eigenvalue weighted by Gasteiger charge is 2.50. The zero-order valence-corrected chi connectivity index (χ0v) is 34.2. The summed E-state index contributed by atoms with van der Waals surface area (Å²) in [6.45, 7) is 18.5. The average molecular weight is 755 g/mol. The van der Waals surface area contributed by atoms with Crippen LogP contribution in [0, 0.1) is 29.1 Å². The Bertz CT molecular complexity index is 1360. The number of hydrogen-bond donors (Lipinski definition) is 2. The third-order valence-electron chi connectivity index (χ3n) is 12.7. The van der Waals surface area contributed by atoms with Crippen molar-refractivity contribution in [1.82, 2.24) is 10.4 Å². The predicted molar refractivity (Wildman–Crippen MR) is 210 cm³/mol. The second kappa shape index (κ2) is 20.4. The third-order valence-corrected chi connectivity index (χ3v) is 12.7. The molecule has 54 heavy (non-hydrogen) atoms.